The molecule has 0 fully saturated rings. The van der Waals surface area contributed by atoms with E-state index < -0.39 is 27.3 Å². The van der Waals surface area contributed by atoms with Crippen LogP contribution in [-0.2, 0) is 4.79 Å². The molecule has 28 heavy (non-hydrogen) atoms. The third-order valence-electron chi connectivity index (χ3n) is 3.21. The molecule has 148 valence electrons. The molecular weight excluding hydrogens is 392 g/mol. The quantitative estimate of drug-likeness (QED) is 0.243. The molecule has 0 aliphatic carbocycles. The summed E-state index contributed by atoms with van der Waals surface area (Å²) >= 11 is 0.830. The van der Waals surface area contributed by atoms with E-state index in [1.54, 1.807) is 13.0 Å². The minimum atomic E-state index is -0.750. The Morgan fingerprint density at radius 3 is 2.89 bits per heavy atom. The zero-order valence-electron chi connectivity index (χ0n) is 14.8. The van der Waals surface area contributed by atoms with Crippen LogP contribution in [0.5, 0.6) is 5.75 Å². The number of nitrogens with zero attached hydrogens (tertiary/aromatic N) is 3. The second-order valence-corrected chi connectivity index (χ2v) is 6.55. The lowest BCUT2D eigenvalue weighted by molar-refractivity contribution is -0.385. The number of ether oxygens (including phenoxy) is 1. The SMILES string of the molecule is CCOc1ccc(/C=N/NC(=O)C(C)Sc2n[nH]c(=O)[nH]c2=O)cc1[N+](=O)[O-]. The smallest absolute Gasteiger partial charge is 0.342 e. The summed E-state index contributed by atoms with van der Waals surface area (Å²) in [5.41, 5.74) is 0.974. The highest BCUT2D eigenvalue weighted by atomic mass is 32.2. The summed E-state index contributed by atoms with van der Waals surface area (Å²) in [4.78, 5) is 47.1. The molecule has 2 rings (SSSR count). The molecule has 1 amide bonds. The number of H-pyrrole nitrogens is 2. The maximum absolute atomic E-state index is 12.0. The van der Waals surface area contributed by atoms with Gasteiger partial charge in [0.2, 0.25) is 0 Å². The molecule has 0 aliphatic rings. The molecule has 0 saturated heterocycles. The van der Waals surface area contributed by atoms with Crippen LogP contribution in [0.2, 0.25) is 0 Å². The molecule has 1 aromatic heterocycles. The van der Waals surface area contributed by atoms with Gasteiger partial charge >= 0.3 is 11.4 Å². The second kappa shape index (κ2) is 9.45. The molecule has 1 unspecified atom stereocenters. The summed E-state index contributed by atoms with van der Waals surface area (Å²) in [5, 5.41) is 19.7. The number of hydrogen-bond donors (Lipinski definition) is 3. The highest BCUT2D eigenvalue weighted by molar-refractivity contribution is 8.00. The monoisotopic (exact) mass is 408 g/mol. The Balaban J connectivity index is 2.02. The Morgan fingerprint density at radius 1 is 1.50 bits per heavy atom. The van der Waals surface area contributed by atoms with Crippen molar-refractivity contribution in [1.29, 1.82) is 0 Å². The van der Waals surface area contributed by atoms with Crippen molar-refractivity contribution in [2.45, 2.75) is 24.1 Å². The van der Waals surface area contributed by atoms with Gasteiger partial charge in [-0.05, 0) is 26.0 Å². The summed E-state index contributed by atoms with van der Waals surface area (Å²) in [6, 6.07) is 4.26. The van der Waals surface area contributed by atoms with E-state index in [1.165, 1.54) is 25.3 Å². The van der Waals surface area contributed by atoms with Crippen LogP contribution >= 0.6 is 11.8 Å². The van der Waals surface area contributed by atoms with Gasteiger partial charge in [-0.2, -0.15) is 10.2 Å². The molecule has 0 saturated carbocycles. The van der Waals surface area contributed by atoms with Crippen LogP contribution in [0.15, 0.2) is 37.9 Å². The van der Waals surface area contributed by atoms with E-state index >= 15 is 0 Å². The lowest BCUT2D eigenvalue weighted by Crippen LogP contribution is -2.30. The fourth-order valence-corrected chi connectivity index (χ4v) is 2.69. The number of thioether (sulfide) groups is 1. The minimum absolute atomic E-state index is 0.0756. The highest BCUT2D eigenvalue weighted by Crippen LogP contribution is 2.27. The predicted molar refractivity (Wildman–Crippen MR) is 101 cm³/mol. The van der Waals surface area contributed by atoms with Crippen molar-refractivity contribution >= 4 is 29.6 Å². The first kappa shape index (κ1) is 20.8. The average Bonchev–Trinajstić information content (AvgIpc) is 2.65. The number of benzene rings is 1. The van der Waals surface area contributed by atoms with Crippen LogP contribution < -0.4 is 21.4 Å². The molecule has 3 N–H and O–H groups in total. The van der Waals surface area contributed by atoms with E-state index in [9.17, 15) is 24.5 Å². The number of hydrogen-bond acceptors (Lipinski definition) is 9. The topological polar surface area (TPSA) is 172 Å². The van der Waals surface area contributed by atoms with Crippen molar-refractivity contribution < 1.29 is 14.5 Å². The number of nitro benzene ring substituents is 1. The van der Waals surface area contributed by atoms with Gasteiger partial charge in [-0.1, -0.05) is 11.8 Å². The van der Waals surface area contributed by atoms with Gasteiger partial charge in [0.25, 0.3) is 11.5 Å². The normalized spacial score (nSPS) is 11.9. The lowest BCUT2D eigenvalue weighted by atomic mass is 10.2. The van der Waals surface area contributed by atoms with Gasteiger partial charge in [0, 0.05) is 11.6 Å². The molecule has 0 spiro atoms. The molecule has 1 aromatic carbocycles. The fraction of sp³-hybridized carbons (Fsp3) is 0.267. The summed E-state index contributed by atoms with van der Waals surface area (Å²) in [6.07, 6.45) is 1.24. The van der Waals surface area contributed by atoms with E-state index in [-0.39, 0.29) is 23.1 Å². The van der Waals surface area contributed by atoms with E-state index in [2.05, 4.69) is 20.7 Å². The van der Waals surface area contributed by atoms with Gasteiger partial charge in [0.05, 0.1) is 23.0 Å². The number of hydrazone groups is 1. The molecule has 0 aliphatic heterocycles. The number of nitro groups is 1. The molecule has 12 nitrogen and oxygen atoms in total. The van der Waals surface area contributed by atoms with Crippen molar-refractivity contribution in [3.8, 4) is 5.75 Å². The minimum Gasteiger partial charge on any atom is -0.487 e. The number of rotatable bonds is 8. The Bertz CT molecular complexity index is 1020. The highest BCUT2D eigenvalue weighted by Gasteiger charge is 2.17. The van der Waals surface area contributed by atoms with E-state index in [1.807, 2.05) is 4.98 Å². The van der Waals surface area contributed by atoms with Crippen LogP contribution in [0.1, 0.15) is 19.4 Å². The Kier molecular flexibility index (Phi) is 7.03. The van der Waals surface area contributed by atoms with Gasteiger partial charge < -0.3 is 4.74 Å². The maximum Gasteiger partial charge on any atom is 0.342 e. The van der Waals surface area contributed by atoms with E-state index in [4.69, 9.17) is 4.74 Å². The molecule has 1 atom stereocenters. The Labute approximate surface area is 161 Å². The van der Waals surface area contributed by atoms with Crippen molar-refractivity contribution in [1.82, 2.24) is 20.6 Å². The predicted octanol–water partition coefficient (Wildman–Crippen LogP) is 0.396. The number of aromatic amines is 2. The Morgan fingerprint density at radius 2 is 2.25 bits per heavy atom. The van der Waals surface area contributed by atoms with Crippen molar-refractivity contribution in [3.63, 3.8) is 0 Å². The lowest BCUT2D eigenvalue weighted by Gasteiger charge is -2.07. The third-order valence-corrected chi connectivity index (χ3v) is 4.27. The van der Waals surface area contributed by atoms with Gasteiger partial charge in [0.1, 0.15) is 0 Å². The van der Waals surface area contributed by atoms with Crippen LogP contribution in [-0.4, -0.2) is 44.1 Å². The molecule has 2 aromatic rings. The van der Waals surface area contributed by atoms with E-state index in [0.717, 1.165) is 11.8 Å². The molecule has 1 heterocycles. The Hall–Kier alpha value is -3.48. The van der Waals surface area contributed by atoms with Crippen molar-refractivity contribution in [2.24, 2.45) is 5.10 Å². The van der Waals surface area contributed by atoms with Crippen LogP contribution in [0, 0.1) is 10.1 Å². The molecular formula is C15H16N6O6S. The molecule has 0 bridgehead atoms. The maximum atomic E-state index is 12.0. The number of carbonyl (C=O) groups is 1. The summed E-state index contributed by atoms with van der Waals surface area (Å²) < 4.78 is 5.19. The fourth-order valence-electron chi connectivity index (χ4n) is 1.93. The first-order chi connectivity index (χ1) is 13.3. The first-order valence-corrected chi connectivity index (χ1v) is 8.79. The number of carbonyl (C=O) groups excluding carboxylic acids is 1. The van der Waals surface area contributed by atoms with Crippen LogP contribution in [0.4, 0.5) is 5.69 Å². The summed E-state index contributed by atoms with van der Waals surface area (Å²) in [6.45, 7) is 3.51. The van der Waals surface area contributed by atoms with Crippen LogP contribution in [0.3, 0.4) is 0 Å². The van der Waals surface area contributed by atoms with Gasteiger partial charge in [-0.15, -0.1) is 0 Å². The van der Waals surface area contributed by atoms with Gasteiger partial charge in [-0.25, -0.2) is 15.3 Å². The summed E-state index contributed by atoms with van der Waals surface area (Å²) in [5.74, 6) is -0.397. The molecule has 13 heteroatoms. The van der Waals surface area contributed by atoms with E-state index in [0.29, 0.717) is 5.56 Å². The zero-order chi connectivity index (χ0) is 20.7. The molecule has 0 radical (unpaired) electrons. The first-order valence-electron chi connectivity index (χ1n) is 7.91. The largest absolute Gasteiger partial charge is 0.487 e. The van der Waals surface area contributed by atoms with Crippen molar-refractivity contribution in [3.05, 3.63) is 54.7 Å². The standard InChI is InChI=1S/C15H16N6O6S/c1-3-27-11-5-4-9(6-10(11)21(25)26)7-16-18-12(22)8(2)28-14-13(23)17-15(24)20-19-14/h4-8H,3H2,1-2H3,(H,18,22)(H2,17,20,23,24)/b16-7+. The zero-order valence-corrected chi connectivity index (χ0v) is 15.6. The summed E-state index contributed by atoms with van der Waals surface area (Å²) in [7, 11) is 0. The number of aromatic nitrogens is 3. The van der Waals surface area contributed by atoms with Gasteiger partial charge in [0.15, 0.2) is 10.8 Å². The number of nitrogens with one attached hydrogen (secondary N) is 3. The van der Waals surface area contributed by atoms with Crippen LogP contribution in [0.25, 0.3) is 0 Å². The number of amides is 1. The van der Waals surface area contributed by atoms with Crippen molar-refractivity contribution in [2.75, 3.05) is 6.61 Å². The average molecular weight is 408 g/mol. The second-order valence-electron chi connectivity index (χ2n) is 5.22. The van der Waals surface area contributed by atoms with Gasteiger partial charge in [-0.3, -0.25) is 24.7 Å². The third kappa shape index (κ3) is 5.51.